The average Bonchev–Trinajstić information content (AvgIpc) is 2.96. The highest BCUT2D eigenvalue weighted by Gasteiger charge is 2.12. The van der Waals surface area contributed by atoms with E-state index in [0.29, 0.717) is 16.6 Å². The number of rotatable bonds is 6. The number of methoxy groups -OCH3 is 1. The maximum absolute atomic E-state index is 11.7. The zero-order chi connectivity index (χ0) is 15.2. The molecule has 0 spiro atoms. The van der Waals surface area contributed by atoms with Gasteiger partial charge in [-0.25, -0.2) is 0 Å². The van der Waals surface area contributed by atoms with Crippen LogP contribution in [0.1, 0.15) is 22.5 Å². The monoisotopic (exact) mass is 328 g/mol. The molecule has 0 bridgehead atoms. The highest BCUT2D eigenvalue weighted by atomic mass is 35.5. The van der Waals surface area contributed by atoms with Crippen LogP contribution in [0.4, 0.5) is 0 Å². The van der Waals surface area contributed by atoms with Gasteiger partial charge < -0.3 is 14.6 Å². The molecule has 0 aliphatic carbocycles. The maximum Gasteiger partial charge on any atom is 0.290 e. The number of nitrogens with one attached hydrogen (secondary N) is 1. The van der Waals surface area contributed by atoms with Crippen molar-refractivity contribution in [3.63, 3.8) is 0 Å². The molecule has 1 aromatic heterocycles. The van der Waals surface area contributed by atoms with Crippen molar-refractivity contribution < 1.29 is 14.1 Å². The molecule has 1 aromatic carbocycles. The Morgan fingerprint density at radius 2 is 2.14 bits per heavy atom. The molecule has 0 atom stereocenters. The minimum Gasteiger partial charge on any atom is -0.479 e. The van der Waals surface area contributed by atoms with Gasteiger partial charge in [0.2, 0.25) is 5.76 Å². The highest BCUT2D eigenvalue weighted by molar-refractivity contribution is 6.42. The summed E-state index contributed by atoms with van der Waals surface area (Å²) in [7, 11) is 1.46. The zero-order valence-electron chi connectivity index (χ0n) is 11.4. The standard InChI is InChI=1S/C14H14Cl2N2O3/c1-20-13-8-12(21-18-13)14(19)17-6-2-3-9-4-5-10(15)11(16)7-9/h4-5,7-8H,2-3,6H2,1H3,(H,17,19). The lowest BCUT2D eigenvalue weighted by Crippen LogP contribution is -2.24. The summed E-state index contributed by atoms with van der Waals surface area (Å²) in [4.78, 5) is 11.7. The molecule has 0 saturated carbocycles. The number of hydrogen-bond acceptors (Lipinski definition) is 4. The molecule has 7 heteroatoms. The van der Waals surface area contributed by atoms with Crippen molar-refractivity contribution in [2.24, 2.45) is 0 Å². The number of carbonyl (C=O) groups is 1. The second kappa shape index (κ2) is 7.33. The van der Waals surface area contributed by atoms with Crippen LogP contribution in [0, 0.1) is 0 Å². The van der Waals surface area contributed by atoms with Gasteiger partial charge in [0.1, 0.15) is 0 Å². The molecule has 1 amide bonds. The van der Waals surface area contributed by atoms with Crippen molar-refractivity contribution in [3.05, 3.63) is 45.6 Å². The van der Waals surface area contributed by atoms with E-state index >= 15 is 0 Å². The summed E-state index contributed by atoms with van der Waals surface area (Å²) in [6.45, 7) is 0.516. The van der Waals surface area contributed by atoms with Crippen molar-refractivity contribution >= 4 is 29.1 Å². The summed E-state index contributed by atoms with van der Waals surface area (Å²) in [5.41, 5.74) is 1.07. The van der Waals surface area contributed by atoms with Crippen molar-refractivity contribution in [1.82, 2.24) is 10.5 Å². The quantitative estimate of drug-likeness (QED) is 0.826. The van der Waals surface area contributed by atoms with Gasteiger partial charge in [-0.05, 0) is 35.7 Å². The van der Waals surface area contributed by atoms with Gasteiger partial charge in [-0.3, -0.25) is 4.79 Å². The van der Waals surface area contributed by atoms with Gasteiger partial charge in [0.05, 0.1) is 23.2 Å². The fourth-order valence-corrected chi connectivity index (χ4v) is 2.06. The maximum atomic E-state index is 11.7. The van der Waals surface area contributed by atoms with Crippen LogP contribution in [0.5, 0.6) is 5.88 Å². The van der Waals surface area contributed by atoms with Crippen LogP contribution in [0.2, 0.25) is 10.0 Å². The number of nitrogens with zero attached hydrogens (tertiary/aromatic N) is 1. The molecular weight excluding hydrogens is 315 g/mol. The van der Waals surface area contributed by atoms with E-state index in [1.807, 2.05) is 12.1 Å². The zero-order valence-corrected chi connectivity index (χ0v) is 12.9. The molecule has 1 heterocycles. The largest absolute Gasteiger partial charge is 0.479 e. The Morgan fingerprint density at radius 3 is 2.81 bits per heavy atom. The van der Waals surface area contributed by atoms with Gasteiger partial charge in [-0.1, -0.05) is 29.3 Å². The smallest absolute Gasteiger partial charge is 0.290 e. The van der Waals surface area contributed by atoms with Crippen LogP contribution >= 0.6 is 23.2 Å². The van der Waals surface area contributed by atoms with E-state index in [-0.39, 0.29) is 17.5 Å². The minimum atomic E-state index is -0.320. The lowest BCUT2D eigenvalue weighted by Gasteiger charge is -2.04. The molecule has 2 rings (SSSR count). The van der Waals surface area contributed by atoms with E-state index in [1.165, 1.54) is 13.2 Å². The number of aryl methyl sites for hydroxylation is 1. The number of benzene rings is 1. The second-order valence-corrected chi connectivity index (χ2v) is 5.16. The Hall–Kier alpha value is -1.72. The average molecular weight is 329 g/mol. The normalized spacial score (nSPS) is 10.4. The number of hydrogen-bond donors (Lipinski definition) is 1. The van der Waals surface area contributed by atoms with Crippen molar-refractivity contribution in [2.75, 3.05) is 13.7 Å². The lowest BCUT2D eigenvalue weighted by molar-refractivity contribution is 0.0916. The lowest BCUT2D eigenvalue weighted by atomic mass is 10.1. The third kappa shape index (κ3) is 4.37. The summed E-state index contributed by atoms with van der Waals surface area (Å²) in [6, 6.07) is 6.94. The van der Waals surface area contributed by atoms with Crippen LogP contribution < -0.4 is 10.1 Å². The van der Waals surface area contributed by atoms with Crippen molar-refractivity contribution in [1.29, 1.82) is 0 Å². The van der Waals surface area contributed by atoms with Crippen LogP contribution in [-0.4, -0.2) is 24.7 Å². The molecule has 5 nitrogen and oxygen atoms in total. The van der Waals surface area contributed by atoms with E-state index < -0.39 is 0 Å². The third-order valence-electron chi connectivity index (χ3n) is 2.83. The summed E-state index contributed by atoms with van der Waals surface area (Å²) in [6.07, 6.45) is 1.56. The van der Waals surface area contributed by atoms with Gasteiger partial charge in [0, 0.05) is 6.54 Å². The molecule has 0 radical (unpaired) electrons. The van der Waals surface area contributed by atoms with Crippen molar-refractivity contribution in [3.8, 4) is 5.88 Å². The van der Waals surface area contributed by atoms with E-state index in [2.05, 4.69) is 10.5 Å². The molecule has 1 N–H and O–H groups in total. The molecule has 2 aromatic rings. The first-order valence-electron chi connectivity index (χ1n) is 6.33. The Bertz CT molecular complexity index is 628. The predicted molar refractivity (Wildman–Crippen MR) is 80.2 cm³/mol. The predicted octanol–water partition coefficient (Wildman–Crippen LogP) is 3.35. The molecule has 0 aliphatic rings. The summed E-state index contributed by atoms with van der Waals surface area (Å²) in [5.74, 6) is 0.0808. The van der Waals surface area contributed by atoms with Gasteiger partial charge in [0.15, 0.2) is 0 Å². The van der Waals surface area contributed by atoms with Crippen LogP contribution in [0.15, 0.2) is 28.8 Å². The number of carbonyl (C=O) groups excluding carboxylic acids is 1. The number of aromatic nitrogens is 1. The minimum absolute atomic E-state index is 0.126. The molecule has 21 heavy (non-hydrogen) atoms. The summed E-state index contributed by atoms with van der Waals surface area (Å²) >= 11 is 11.8. The first kappa shape index (κ1) is 15.7. The van der Waals surface area contributed by atoms with Gasteiger partial charge in [-0.15, -0.1) is 0 Å². The SMILES string of the molecule is COc1cc(C(=O)NCCCc2ccc(Cl)c(Cl)c2)on1. The highest BCUT2D eigenvalue weighted by Crippen LogP contribution is 2.23. The van der Waals surface area contributed by atoms with Crippen LogP contribution in [0.3, 0.4) is 0 Å². The Balaban J connectivity index is 1.76. The third-order valence-corrected chi connectivity index (χ3v) is 3.57. The van der Waals surface area contributed by atoms with Gasteiger partial charge in [0.25, 0.3) is 11.8 Å². The summed E-state index contributed by atoms with van der Waals surface area (Å²) < 4.78 is 9.68. The molecule has 0 saturated heterocycles. The topological polar surface area (TPSA) is 64.4 Å². The Morgan fingerprint density at radius 1 is 1.33 bits per heavy atom. The number of amides is 1. The second-order valence-electron chi connectivity index (χ2n) is 4.34. The van der Waals surface area contributed by atoms with E-state index in [9.17, 15) is 4.79 Å². The van der Waals surface area contributed by atoms with E-state index in [4.69, 9.17) is 32.5 Å². The number of halogens is 2. The first-order valence-corrected chi connectivity index (χ1v) is 7.08. The van der Waals surface area contributed by atoms with Gasteiger partial charge in [-0.2, -0.15) is 0 Å². The Labute approximate surface area is 132 Å². The summed E-state index contributed by atoms with van der Waals surface area (Å²) in [5, 5.41) is 7.38. The molecule has 0 fully saturated rings. The van der Waals surface area contributed by atoms with E-state index in [1.54, 1.807) is 6.07 Å². The molecule has 0 aliphatic heterocycles. The fraction of sp³-hybridized carbons (Fsp3) is 0.286. The van der Waals surface area contributed by atoms with Crippen LogP contribution in [0.25, 0.3) is 0 Å². The fourth-order valence-electron chi connectivity index (χ4n) is 1.74. The van der Waals surface area contributed by atoms with E-state index in [0.717, 1.165) is 18.4 Å². The van der Waals surface area contributed by atoms with Crippen LogP contribution in [-0.2, 0) is 6.42 Å². The Kier molecular flexibility index (Phi) is 5.47. The molecule has 0 unspecified atom stereocenters. The van der Waals surface area contributed by atoms with Gasteiger partial charge >= 0.3 is 0 Å². The number of ether oxygens (including phenoxy) is 1. The molecular formula is C14H14Cl2N2O3. The first-order chi connectivity index (χ1) is 10.1. The molecule has 112 valence electrons. The van der Waals surface area contributed by atoms with Crippen molar-refractivity contribution in [2.45, 2.75) is 12.8 Å².